The summed E-state index contributed by atoms with van der Waals surface area (Å²) in [6, 6.07) is -0.310. The first-order valence-electron chi connectivity index (χ1n) is 4.24. The van der Waals surface area contributed by atoms with Gasteiger partial charge in [-0.2, -0.15) is 4.31 Å². The second-order valence-electron chi connectivity index (χ2n) is 2.97. The van der Waals surface area contributed by atoms with Gasteiger partial charge >= 0.3 is 0 Å². The third-order valence-corrected chi connectivity index (χ3v) is 3.71. The summed E-state index contributed by atoms with van der Waals surface area (Å²) in [5.74, 6) is 0. The number of unbranched alkanes of at least 4 members (excludes halogenated alkanes) is 1. The molecular formula is C7H17NO3S2. The number of aliphatic hydroxyl groups is 1. The van der Waals surface area contributed by atoms with Crippen LogP contribution in [0.1, 0.15) is 26.2 Å². The molecule has 0 radical (unpaired) electrons. The van der Waals surface area contributed by atoms with E-state index < -0.39 is 8.96 Å². The molecule has 0 aromatic carbocycles. The number of hydrogen-bond acceptors (Lipinski definition) is 3. The molecule has 0 rings (SSSR count). The summed E-state index contributed by atoms with van der Waals surface area (Å²) in [5, 5.41) is 8.96. The predicted molar refractivity (Wildman–Crippen MR) is 56.3 cm³/mol. The Labute approximate surface area is 84.6 Å². The van der Waals surface area contributed by atoms with E-state index in [0.717, 1.165) is 17.1 Å². The van der Waals surface area contributed by atoms with Crippen LogP contribution in [0, 0.1) is 0 Å². The van der Waals surface area contributed by atoms with Crippen molar-refractivity contribution in [3.8, 4) is 0 Å². The third-order valence-electron chi connectivity index (χ3n) is 1.98. The molecule has 0 saturated carbocycles. The molecule has 2 N–H and O–H groups in total. The average Bonchev–Trinajstić information content (AvgIpc) is 2.04. The van der Waals surface area contributed by atoms with Gasteiger partial charge in [0.15, 0.2) is 0 Å². The maximum atomic E-state index is 11.0. The van der Waals surface area contributed by atoms with Crippen molar-refractivity contribution < 1.29 is 13.9 Å². The molecular weight excluding hydrogens is 210 g/mol. The van der Waals surface area contributed by atoms with Crippen LogP contribution in [-0.2, 0) is 20.1 Å². The van der Waals surface area contributed by atoms with Gasteiger partial charge in [0.1, 0.15) is 0 Å². The molecule has 0 aliphatic rings. The van der Waals surface area contributed by atoms with Crippen molar-refractivity contribution >= 4 is 20.1 Å². The Hall–Kier alpha value is 0.250. The summed E-state index contributed by atoms with van der Waals surface area (Å²) >= 11 is 4.40. The molecule has 13 heavy (non-hydrogen) atoms. The van der Waals surface area contributed by atoms with Gasteiger partial charge in [-0.15, -0.1) is 0 Å². The molecule has 0 aromatic rings. The number of rotatable bonds is 6. The SMILES string of the molecule is CCCC[C@@H](CO)N(C)S(=O)(O)=S. The molecule has 0 fully saturated rings. The molecule has 0 aromatic heterocycles. The zero-order chi connectivity index (χ0) is 10.5. The zero-order valence-corrected chi connectivity index (χ0v) is 9.61. The topological polar surface area (TPSA) is 60.8 Å². The van der Waals surface area contributed by atoms with E-state index >= 15 is 0 Å². The highest BCUT2D eigenvalue weighted by atomic mass is 32.8. The predicted octanol–water partition coefficient (Wildman–Crippen LogP) is 0.604. The quantitative estimate of drug-likeness (QED) is 0.698. The fourth-order valence-corrected chi connectivity index (χ4v) is 1.93. The van der Waals surface area contributed by atoms with Gasteiger partial charge in [0.25, 0.3) is 0 Å². The van der Waals surface area contributed by atoms with Crippen LogP contribution in [0.5, 0.6) is 0 Å². The summed E-state index contributed by atoms with van der Waals surface area (Å²) in [4.78, 5) is 0. The molecule has 6 heteroatoms. The highest BCUT2D eigenvalue weighted by Crippen LogP contribution is 2.09. The Kier molecular flexibility index (Phi) is 5.98. The molecule has 0 aliphatic heterocycles. The summed E-state index contributed by atoms with van der Waals surface area (Å²) in [7, 11) is -1.87. The first-order chi connectivity index (χ1) is 5.93. The second kappa shape index (κ2) is 5.87. The van der Waals surface area contributed by atoms with E-state index in [0.29, 0.717) is 6.42 Å². The van der Waals surface area contributed by atoms with Gasteiger partial charge < -0.3 is 5.11 Å². The van der Waals surface area contributed by atoms with Gasteiger partial charge in [-0.05, 0) is 6.42 Å². The van der Waals surface area contributed by atoms with Crippen LogP contribution in [0.25, 0.3) is 0 Å². The fraction of sp³-hybridized carbons (Fsp3) is 1.00. The molecule has 80 valence electrons. The third kappa shape index (κ3) is 4.87. The summed E-state index contributed by atoms with van der Waals surface area (Å²) in [6.45, 7) is 1.89. The van der Waals surface area contributed by atoms with Crippen molar-refractivity contribution in [2.45, 2.75) is 32.2 Å². The monoisotopic (exact) mass is 227 g/mol. The van der Waals surface area contributed by atoms with E-state index in [4.69, 9.17) is 9.66 Å². The van der Waals surface area contributed by atoms with Gasteiger partial charge in [0.05, 0.1) is 6.61 Å². The molecule has 2 atom stereocenters. The van der Waals surface area contributed by atoms with Crippen LogP contribution in [0.3, 0.4) is 0 Å². The van der Waals surface area contributed by atoms with Crippen molar-refractivity contribution in [3.05, 3.63) is 0 Å². The van der Waals surface area contributed by atoms with E-state index in [-0.39, 0.29) is 12.6 Å². The lowest BCUT2D eigenvalue weighted by atomic mass is 10.1. The van der Waals surface area contributed by atoms with E-state index in [2.05, 4.69) is 11.2 Å². The highest BCUT2D eigenvalue weighted by Gasteiger charge is 2.19. The molecule has 0 saturated heterocycles. The van der Waals surface area contributed by atoms with Gasteiger partial charge in [-0.25, -0.2) is 4.21 Å². The van der Waals surface area contributed by atoms with E-state index in [9.17, 15) is 4.21 Å². The molecule has 0 bridgehead atoms. The number of nitrogens with zero attached hydrogens (tertiary/aromatic N) is 1. The van der Waals surface area contributed by atoms with Crippen LogP contribution in [0.15, 0.2) is 0 Å². The minimum atomic E-state index is -3.34. The summed E-state index contributed by atoms with van der Waals surface area (Å²) < 4.78 is 21.2. The Balaban J connectivity index is 4.24. The highest BCUT2D eigenvalue weighted by molar-refractivity contribution is 8.28. The molecule has 0 amide bonds. The maximum absolute atomic E-state index is 11.0. The zero-order valence-electron chi connectivity index (χ0n) is 7.97. The maximum Gasteiger partial charge on any atom is 0.209 e. The Bertz CT molecular complexity index is 228. The molecule has 4 nitrogen and oxygen atoms in total. The van der Waals surface area contributed by atoms with Crippen molar-refractivity contribution in [2.24, 2.45) is 0 Å². The van der Waals surface area contributed by atoms with Crippen LogP contribution in [-0.4, -0.2) is 37.9 Å². The average molecular weight is 227 g/mol. The van der Waals surface area contributed by atoms with Crippen LogP contribution in [0.2, 0.25) is 0 Å². The van der Waals surface area contributed by atoms with Crippen molar-refractivity contribution in [1.29, 1.82) is 0 Å². The molecule has 1 unspecified atom stereocenters. The minimum absolute atomic E-state index is 0.134. The first kappa shape index (κ1) is 13.2. The lowest BCUT2D eigenvalue weighted by Gasteiger charge is -2.24. The van der Waals surface area contributed by atoms with Crippen LogP contribution in [0.4, 0.5) is 0 Å². The first-order valence-corrected chi connectivity index (χ1v) is 6.64. The van der Waals surface area contributed by atoms with Crippen LogP contribution >= 0.6 is 0 Å². The molecule has 0 heterocycles. The van der Waals surface area contributed by atoms with E-state index in [1.54, 1.807) is 0 Å². The van der Waals surface area contributed by atoms with E-state index in [1.807, 2.05) is 6.92 Å². The van der Waals surface area contributed by atoms with Crippen molar-refractivity contribution in [1.82, 2.24) is 4.31 Å². The number of aliphatic hydroxyl groups excluding tert-OH is 1. The van der Waals surface area contributed by atoms with Crippen molar-refractivity contribution in [3.63, 3.8) is 0 Å². The van der Waals surface area contributed by atoms with Gasteiger partial charge in [0.2, 0.25) is 8.96 Å². The second-order valence-corrected chi connectivity index (χ2v) is 5.75. The summed E-state index contributed by atoms with van der Waals surface area (Å²) in [6.07, 6.45) is 2.60. The van der Waals surface area contributed by atoms with E-state index in [1.165, 1.54) is 7.05 Å². The summed E-state index contributed by atoms with van der Waals surface area (Å²) in [5.41, 5.74) is 0. The van der Waals surface area contributed by atoms with Gasteiger partial charge in [0, 0.05) is 24.3 Å². The largest absolute Gasteiger partial charge is 0.395 e. The normalized spacial score (nSPS) is 18.5. The smallest absolute Gasteiger partial charge is 0.209 e. The number of hydrogen-bond donors (Lipinski definition) is 2. The van der Waals surface area contributed by atoms with Gasteiger partial charge in [-0.3, -0.25) is 4.55 Å². The Morgan fingerprint density at radius 2 is 2.15 bits per heavy atom. The molecule has 0 spiro atoms. The fourth-order valence-electron chi connectivity index (χ4n) is 1.02. The number of likely N-dealkylation sites (N-methyl/N-ethyl adjacent to an activating group) is 1. The standard InChI is InChI=1S/C7H17NO3S2/c1-3-4-5-7(6-9)8(2)13(10,11)12/h7,9H,3-6H2,1-2H3,(H,10,11,12)/t7-/m0/s1. The molecule has 0 aliphatic carbocycles. The Morgan fingerprint density at radius 1 is 1.62 bits per heavy atom. The lowest BCUT2D eigenvalue weighted by molar-refractivity contribution is 0.190. The van der Waals surface area contributed by atoms with Gasteiger partial charge in [-0.1, -0.05) is 19.8 Å². The van der Waals surface area contributed by atoms with Crippen LogP contribution < -0.4 is 0 Å². The Morgan fingerprint density at radius 3 is 2.46 bits per heavy atom. The van der Waals surface area contributed by atoms with Crippen molar-refractivity contribution in [2.75, 3.05) is 13.7 Å². The lowest BCUT2D eigenvalue weighted by Crippen LogP contribution is -2.38. The minimum Gasteiger partial charge on any atom is -0.395 e.